The fourth-order valence-electron chi connectivity index (χ4n) is 0.824. The third-order valence-electron chi connectivity index (χ3n) is 1.67. The van der Waals surface area contributed by atoms with Gasteiger partial charge in [-0.25, -0.2) is 0 Å². The fraction of sp³-hybridized carbons (Fsp3) is 0.333. The predicted molar refractivity (Wildman–Crippen MR) is 50.1 cm³/mol. The summed E-state index contributed by atoms with van der Waals surface area (Å²) in [6.07, 6.45) is 2.66. The lowest BCUT2D eigenvalue weighted by Gasteiger charge is -2.36. The second kappa shape index (κ2) is 2.61. The van der Waals surface area contributed by atoms with Crippen LogP contribution in [0.15, 0.2) is 22.9 Å². The van der Waals surface area contributed by atoms with Crippen molar-refractivity contribution in [2.75, 3.05) is 0 Å². The Morgan fingerprint density at radius 1 is 1.17 bits per heavy atom. The quantitative estimate of drug-likeness (QED) is 0.244. The van der Waals surface area contributed by atoms with Crippen molar-refractivity contribution in [2.45, 2.75) is 10.7 Å². The van der Waals surface area contributed by atoms with Gasteiger partial charge in [-0.1, -0.05) is 23.2 Å². The second-order valence-corrected chi connectivity index (χ2v) is 3.83. The average molecular weight is 209 g/mol. The van der Waals surface area contributed by atoms with Crippen molar-refractivity contribution in [3.8, 4) is 0 Å². The second-order valence-electron chi connectivity index (χ2n) is 2.79. The van der Waals surface area contributed by atoms with Crippen LogP contribution < -0.4 is 22.9 Å². The third-order valence-corrected chi connectivity index (χ3v) is 2.43. The van der Waals surface area contributed by atoms with E-state index in [1.807, 2.05) is 0 Å². The molecule has 0 heterocycles. The number of halogens is 2. The highest BCUT2D eigenvalue weighted by molar-refractivity contribution is 6.33. The van der Waals surface area contributed by atoms with Gasteiger partial charge in [-0.05, 0) is 12.2 Å². The maximum Gasteiger partial charge on any atom is 0.147 e. The zero-order chi connectivity index (χ0) is 9.57. The minimum Gasteiger partial charge on any atom is -0.398 e. The third kappa shape index (κ3) is 1.44. The summed E-state index contributed by atoms with van der Waals surface area (Å²) in [5.74, 6) is 0. The Labute approximate surface area is 80.1 Å². The number of allylic oxidation sites excluding steroid dienone is 1. The summed E-state index contributed by atoms with van der Waals surface area (Å²) < 4.78 is 0. The smallest absolute Gasteiger partial charge is 0.147 e. The molecule has 0 saturated heterocycles. The van der Waals surface area contributed by atoms with Gasteiger partial charge in [-0.2, -0.15) is 0 Å². The van der Waals surface area contributed by atoms with E-state index >= 15 is 0 Å². The van der Waals surface area contributed by atoms with Crippen LogP contribution in [-0.2, 0) is 0 Å². The van der Waals surface area contributed by atoms with E-state index in [1.54, 1.807) is 0 Å². The molecule has 1 atom stereocenters. The zero-order valence-electron chi connectivity index (χ0n) is 6.22. The lowest BCUT2D eigenvalue weighted by atomic mass is 9.96. The Kier molecular flexibility index (Phi) is 2.14. The van der Waals surface area contributed by atoms with Gasteiger partial charge in [0.05, 0.1) is 5.03 Å². The minimum absolute atomic E-state index is 0.265. The van der Waals surface area contributed by atoms with Crippen molar-refractivity contribution in [1.82, 2.24) is 0 Å². The SMILES string of the molecule is NC1=CC(N)(Cl)C(N)(N)C=C1Cl. The maximum absolute atomic E-state index is 5.79. The Morgan fingerprint density at radius 3 is 2.08 bits per heavy atom. The molecular formula is C6H10Cl2N4. The molecule has 0 aromatic carbocycles. The van der Waals surface area contributed by atoms with Crippen LogP contribution in [0.2, 0.25) is 0 Å². The maximum atomic E-state index is 5.79. The topological polar surface area (TPSA) is 104 Å². The largest absolute Gasteiger partial charge is 0.398 e. The van der Waals surface area contributed by atoms with Gasteiger partial charge in [0, 0.05) is 5.70 Å². The first-order valence-electron chi connectivity index (χ1n) is 3.19. The molecule has 1 rings (SSSR count). The summed E-state index contributed by atoms with van der Waals surface area (Å²) in [5.41, 5.74) is 21.1. The van der Waals surface area contributed by atoms with E-state index < -0.39 is 10.7 Å². The average Bonchev–Trinajstić information content (AvgIpc) is 1.82. The van der Waals surface area contributed by atoms with Crippen LogP contribution in [0, 0.1) is 0 Å². The van der Waals surface area contributed by atoms with Crippen molar-refractivity contribution in [3.63, 3.8) is 0 Å². The Morgan fingerprint density at radius 2 is 1.67 bits per heavy atom. The first-order valence-corrected chi connectivity index (χ1v) is 3.94. The van der Waals surface area contributed by atoms with E-state index in [-0.39, 0.29) is 10.7 Å². The highest BCUT2D eigenvalue weighted by Gasteiger charge is 2.41. The van der Waals surface area contributed by atoms with Gasteiger partial charge in [0.15, 0.2) is 0 Å². The van der Waals surface area contributed by atoms with Crippen LogP contribution in [0.1, 0.15) is 0 Å². The van der Waals surface area contributed by atoms with Gasteiger partial charge in [0.2, 0.25) is 0 Å². The minimum atomic E-state index is -1.39. The van der Waals surface area contributed by atoms with E-state index in [9.17, 15) is 0 Å². The van der Waals surface area contributed by atoms with Gasteiger partial charge in [0.1, 0.15) is 10.7 Å². The molecule has 0 bridgehead atoms. The number of rotatable bonds is 0. The molecule has 12 heavy (non-hydrogen) atoms. The zero-order valence-corrected chi connectivity index (χ0v) is 7.73. The summed E-state index contributed by atoms with van der Waals surface area (Å²) >= 11 is 11.5. The van der Waals surface area contributed by atoms with E-state index in [4.69, 9.17) is 46.1 Å². The Balaban J connectivity index is 3.15. The molecule has 68 valence electrons. The standard InChI is InChI=1S/C6H10Cl2N4/c7-3-1-6(11,12)5(8,10)2-4(3)9/h1-2H,9-12H2. The highest BCUT2D eigenvalue weighted by atomic mass is 35.5. The number of alkyl halides is 1. The molecule has 0 aliphatic heterocycles. The van der Waals surface area contributed by atoms with Crippen molar-refractivity contribution in [1.29, 1.82) is 0 Å². The number of hydrogen-bond donors (Lipinski definition) is 4. The molecule has 1 unspecified atom stereocenters. The number of hydrogen-bond acceptors (Lipinski definition) is 4. The molecule has 0 fully saturated rings. The van der Waals surface area contributed by atoms with Gasteiger partial charge in [-0.15, -0.1) is 0 Å². The monoisotopic (exact) mass is 208 g/mol. The fourth-order valence-corrected chi connectivity index (χ4v) is 1.23. The molecule has 0 radical (unpaired) electrons. The molecule has 1 aliphatic rings. The van der Waals surface area contributed by atoms with Gasteiger partial charge in [-0.3, -0.25) is 0 Å². The van der Waals surface area contributed by atoms with Crippen molar-refractivity contribution in [3.05, 3.63) is 22.9 Å². The van der Waals surface area contributed by atoms with Crippen LogP contribution >= 0.6 is 23.2 Å². The molecule has 0 aromatic rings. The lowest BCUT2D eigenvalue weighted by Crippen LogP contribution is -2.67. The Hall–Kier alpha value is -0.260. The van der Waals surface area contributed by atoms with Crippen LogP contribution in [0.5, 0.6) is 0 Å². The predicted octanol–water partition coefficient (Wildman–Crippen LogP) is -0.527. The van der Waals surface area contributed by atoms with Crippen molar-refractivity contribution < 1.29 is 0 Å². The summed E-state index contributed by atoms with van der Waals surface area (Å²) in [7, 11) is 0. The van der Waals surface area contributed by atoms with Gasteiger partial charge < -0.3 is 22.9 Å². The number of nitrogens with two attached hydrogens (primary N) is 4. The van der Waals surface area contributed by atoms with Crippen LogP contribution in [0.3, 0.4) is 0 Å². The van der Waals surface area contributed by atoms with Crippen LogP contribution in [0.25, 0.3) is 0 Å². The molecule has 1 aliphatic carbocycles. The van der Waals surface area contributed by atoms with E-state index in [2.05, 4.69) is 0 Å². The first kappa shape index (κ1) is 9.83. The molecule has 6 heteroatoms. The van der Waals surface area contributed by atoms with E-state index in [1.165, 1.54) is 12.2 Å². The van der Waals surface area contributed by atoms with Crippen LogP contribution in [0.4, 0.5) is 0 Å². The molecular weight excluding hydrogens is 199 g/mol. The van der Waals surface area contributed by atoms with Gasteiger partial charge in [0.25, 0.3) is 0 Å². The van der Waals surface area contributed by atoms with Crippen molar-refractivity contribution in [2.24, 2.45) is 22.9 Å². The van der Waals surface area contributed by atoms with Crippen molar-refractivity contribution >= 4 is 23.2 Å². The Bertz CT molecular complexity index is 239. The van der Waals surface area contributed by atoms with E-state index in [0.717, 1.165) is 0 Å². The molecule has 4 nitrogen and oxygen atoms in total. The molecule has 0 spiro atoms. The molecule has 0 amide bonds. The van der Waals surface area contributed by atoms with Crippen LogP contribution in [-0.4, -0.2) is 10.7 Å². The summed E-state index contributed by atoms with van der Waals surface area (Å²) in [5, 5.41) is 0.265. The first-order chi connectivity index (χ1) is 5.26. The van der Waals surface area contributed by atoms with Gasteiger partial charge >= 0.3 is 0 Å². The van der Waals surface area contributed by atoms with E-state index in [0.29, 0.717) is 0 Å². The summed E-state index contributed by atoms with van der Waals surface area (Å²) in [6, 6.07) is 0. The summed E-state index contributed by atoms with van der Waals surface area (Å²) in [4.78, 5) is -1.39. The summed E-state index contributed by atoms with van der Waals surface area (Å²) in [6.45, 7) is 0. The lowest BCUT2D eigenvalue weighted by molar-refractivity contribution is 0.441. The normalized spacial score (nSPS) is 34.1. The molecule has 8 N–H and O–H groups in total. The highest BCUT2D eigenvalue weighted by Crippen LogP contribution is 2.30. The molecule has 0 saturated carbocycles. The molecule has 0 aromatic heterocycles.